The monoisotopic (exact) mass is 266 g/mol. The summed E-state index contributed by atoms with van der Waals surface area (Å²) in [5.41, 5.74) is 0.454. The Balaban J connectivity index is 2.24. The van der Waals surface area contributed by atoms with Crippen molar-refractivity contribution in [2.45, 2.75) is 6.10 Å². The van der Waals surface area contributed by atoms with Gasteiger partial charge in [-0.2, -0.15) is 0 Å². The Morgan fingerprint density at radius 3 is 2.79 bits per heavy atom. The van der Waals surface area contributed by atoms with Gasteiger partial charge in [-0.1, -0.05) is 18.7 Å². The summed E-state index contributed by atoms with van der Waals surface area (Å²) < 4.78 is 15.4. The van der Waals surface area contributed by atoms with Gasteiger partial charge in [0, 0.05) is 0 Å². The topological polar surface area (TPSA) is 65.0 Å². The van der Waals surface area contributed by atoms with Gasteiger partial charge in [0.05, 0.1) is 25.0 Å². The third-order valence-electron chi connectivity index (χ3n) is 2.25. The van der Waals surface area contributed by atoms with Crippen LogP contribution in [0.1, 0.15) is 10.4 Å². The third kappa shape index (κ3) is 6.03. The predicted molar refractivity (Wildman–Crippen MR) is 70.3 cm³/mol. The van der Waals surface area contributed by atoms with Crippen molar-refractivity contribution in [3.05, 3.63) is 42.7 Å². The van der Waals surface area contributed by atoms with E-state index < -0.39 is 6.10 Å². The van der Waals surface area contributed by atoms with E-state index in [2.05, 4.69) is 6.58 Å². The summed E-state index contributed by atoms with van der Waals surface area (Å²) in [6.45, 7) is 4.37. The van der Waals surface area contributed by atoms with Crippen molar-refractivity contribution in [2.75, 3.05) is 26.4 Å². The highest BCUT2D eigenvalue weighted by Crippen LogP contribution is 2.15. The van der Waals surface area contributed by atoms with E-state index in [-0.39, 0.29) is 13.2 Å². The molecule has 0 aliphatic carbocycles. The molecular weight excluding hydrogens is 248 g/mol. The minimum atomic E-state index is -0.761. The molecular formula is C14H18O5. The highest BCUT2D eigenvalue weighted by molar-refractivity contribution is 5.79. The molecule has 1 unspecified atom stereocenters. The molecule has 5 nitrogen and oxygen atoms in total. The summed E-state index contributed by atoms with van der Waals surface area (Å²) >= 11 is 0. The van der Waals surface area contributed by atoms with Gasteiger partial charge in [0.25, 0.3) is 0 Å². The number of aliphatic hydroxyl groups excluding tert-OH is 1. The van der Waals surface area contributed by atoms with E-state index in [9.17, 15) is 9.90 Å². The number of hydrogen-bond acceptors (Lipinski definition) is 5. The largest absolute Gasteiger partial charge is 0.499 e. The molecule has 0 spiro atoms. The van der Waals surface area contributed by atoms with Crippen LogP contribution in [-0.4, -0.2) is 43.9 Å². The van der Waals surface area contributed by atoms with E-state index >= 15 is 0 Å². The lowest BCUT2D eigenvalue weighted by atomic mass is 10.2. The lowest BCUT2D eigenvalue weighted by molar-refractivity contribution is -0.000350. The second-order valence-corrected chi connectivity index (χ2v) is 3.73. The molecule has 0 aromatic heterocycles. The summed E-state index contributed by atoms with van der Waals surface area (Å²) in [5, 5.41) is 9.63. The Morgan fingerprint density at radius 1 is 1.26 bits per heavy atom. The lowest BCUT2D eigenvalue weighted by Crippen LogP contribution is -2.24. The zero-order chi connectivity index (χ0) is 13.9. The number of rotatable bonds is 10. The minimum absolute atomic E-state index is 0.0627. The Kier molecular flexibility index (Phi) is 7.31. The van der Waals surface area contributed by atoms with E-state index in [1.54, 1.807) is 24.3 Å². The SMILES string of the molecule is C=COCCOCC(O)COc1ccccc1C=O. The highest BCUT2D eigenvalue weighted by Gasteiger charge is 2.07. The molecule has 0 aliphatic rings. The number of aliphatic hydroxyl groups is 1. The van der Waals surface area contributed by atoms with Gasteiger partial charge in [0.1, 0.15) is 25.1 Å². The van der Waals surface area contributed by atoms with E-state index in [0.717, 1.165) is 0 Å². The average Bonchev–Trinajstić information content (AvgIpc) is 2.45. The predicted octanol–water partition coefficient (Wildman–Crippen LogP) is 1.42. The molecule has 0 saturated carbocycles. The van der Waals surface area contributed by atoms with Crippen LogP contribution in [0.25, 0.3) is 0 Å². The van der Waals surface area contributed by atoms with Crippen molar-refractivity contribution < 1.29 is 24.1 Å². The van der Waals surface area contributed by atoms with Gasteiger partial charge >= 0.3 is 0 Å². The first kappa shape index (κ1) is 15.2. The molecule has 0 amide bonds. The van der Waals surface area contributed by atoms with Crippen molar-refractivity contribution in [3.8, 4) is 5.75 Å². The van der Waals surface area contributed by atoms with Crippen LogP contribution in [0.5, 0.6) is 5.75 Å². The van der Waals surface area contributed by atoms with E-state index in [1.165, 1.54) is 6.26 Å². The summed E-state index contributed by atoms with van der Waals surface area (Å²) in [5.74, 6) is 0.451. The summed E-state index contributed by atoms with van der Waals surface area (Å²) in [6.07, 6.45) is 1.29. The number of hydrogen-bond donors (Lipinski definition) is 1. The number of carbonyl (C=O) groups is 1. The van der Waals surface area contributed by atoms with Gasteiger partial charge in [0.15, 0.2) is 6.29 Å². The highest BCUT2D eigenvalue weighted by atomic mass is 16.5. The maximum atomic E-state index is 10.8. The van der Waals surface area contributed by atoms with Crippen LogP contribution in [0.3, 0.4) is 0 Å². The van der Waals surface area contributed by atoms with Crippen LogP contribution in [0.4, 0.5) is 0 Å². The molecule has 1 aromatic carbocycles. The quantitative estimate of drug-likeness (QED) is 0.394. The summed E-state index contributed by atoms with van der Waals surface area (Å²) in [4.78, 5) is 10.8. The maximum absolute atomic E-state index is 10.8. The molecule has 0 bridgehead atoms. The lowest BCUT2D eigenvalue weighted by Gasteiger charge is -2.13. The zero-order valence-corrected chi connectivity index (χ0v) is 10.7. The van der Waals surface area contributed by atoms with Gasteiger partial charge in [-0.05, 0) is 12.1 Å². The van der Waals surface area contributed by atoms with Gasteiger partial charge < -0.3 is 19.3 Å². The van der Waals surface area contributed by atoms with Crippen molar-refractivity contribution in [2.24, 2.45) is 0 Å². The fourth-order valence-electron chi connectivity index (χ4n) is 1.35. The van der Waals surface area contributed by atoms with E-state index in [1.807, 2.05) is 0 Å². The normalized spacial score (nSPS) is 11.6. The van der Waals surface area contributed by atoms with Crippen LogP contribution >= 0.6 is 0 Å². The Hall–Kier alpha value is -1.85. The first-order valence-electron chi connectivity index (χ1n) is 5.93. The fourth-order valence-corrected chi connectivity index (χ4v) is 1.35. The van der Waals surface area contributed by atoms with Crippen LogP contribution < -0.4 is 4.74 Å². The maximum Gasteiger partial charge on any atom is 0.153 e. The first-order valence-corrected chi connectivity index (χ1v) is 5.93. The van der Waals surface area contributed by atoms with Crippen molar-refractivity contribution in [1.29, 1.82) is 0 Å². The molecule has 1 aromatic rings. The molecule has 0 aliphatic heterocycles. The molecule has 19 heavy (non-hydrogen) atoms. The van der Waals surface area contributed by atoms with Crippen LogP contribution in [-0.2, 0) is 9.47 Å². The average molecular weight is 266 g/mol. The molecule has 5 heteroatoms. The third-order valence-corrected chi connectivity index (χ3v) is 2.25. The molecule has 1 atom stereocenters. The molecule has 0 heterocycles. The van der Waals surface area contributed by atoms with Crippen molar-refractivity contribution in [3.63, 3.8) is 0 Å². The minimum Gasteiger partial charge on any atom is -0.499 e. The Labute approximate surface area is 112 Å². The molecule has 1 rings (SSSR count). The molecule has 104 valence electrons. The molecule has 0 radical (unpaired) electrons. The molecule has 1 N–H and O–H groups in total. The molecule has 0 fully saturated rings. The second kappa shape index (κ2) is 9.13. The number of carbonyl (C=O) groups excluding carboxylic acids is 1. The van der Waals surface area contributed by atoms with E-state index in [4.69, 9.17) is 14.2 Å². The number of ether oxygens (including phenoxy) is 3. The van der Waals surface area contributed by atoms with Gasteiger partial charge in [0.2, 0.25) is 0 Å². The summed E-state index contributed by atoms with van der Waals surface area (Å²) in [7, 11) is 0. The second-order valence-electron chi connectivity index (χ2n) is 3.73. The van der Waals surface area contributed by atoms with Crippen LogP contribution in [0.15, 0.2) is 37.1 Å². The van der Waals surface area contributed by atoms with E-state index in [0.29, 0.717) is 30.8 Å². The fraction of sp³-hybridized carbons (Fsp3) is 0.357. The first-order chi connectivity index (χ1) is 9.27. The summed E-state index contributed by atoms with van der Waals surface area (Å²) in [6, 6.07) is 6.83. The Morgan fingerprint density at radius 2 is 2.05 bits per heavy atom. The van der Waals surface area contributed by atoms with Gasteiger partial charge in [-0.3, -0.25) is 4.79 Å². The van der Waals surface area contributed by atoms with Crippen LogP contribution in [0, 0.1) is 0 Å². The standard InChI is InChI=1S/C14H18O5/c1-2-17-7-8-18-10-13(16)11-19-14-6-4-3-5-12(14)9-15/h2-6,9,13,16H,1,7-8,10-11H2. The number of aldehydes is 1. The van der Waals surface area contributed by atoms with Crippen molar-refractivity contribution in [1.82, 2.24) is 0 Å². The van der Waals surface area contributed by atoms with Gasteiger partial charge in [-0.15, -0.1) is 0 Å². The Bertz CT molecular complexity index is 391. The van der Waals surface area contributed by atoms with Crippen LogP contribution in [0.2, 0.25) is 0 Å². The smallest absolute Gasteiger partial charge is 0.153 e. The van der Waals surface area contributed by atoms with Crippen molar-refractivity contribution >= 4 is 6.29 Å². The number of para-hydroxylation sites is 1. The number of benzene rings is 1. The zero-order valence-electron chi connectivity index (χ0n) is 10.7. The molecule has 0 saturated heterocycles. The van der Waals surface area contributed by atoms with Gasteiger partial charge in [-0.25, -0.2) is 0 Å².